The Kier molecular flexibility index (Phi) is 5.82. The Morgan fingerprint density at radius 1 is 1.26 bits per heavy atom. The molecule has 0 bridgehead atoms. The average molecular weight is 318 g/mol. The normalized spacial score (nSPS) is 22.8. The van der Waals surface area contributed by atoms with Crippen molar-refractivity contribution < 1.29 is 9.53 Å². The number of carbonyl (C=O) groups excluding carboxylic acids is 1. The van der Waals surface area contributed by atoms with Crippen LogP contribution in [0, 0.1) is 6.92 Å². The first-order valence-corrected chi connectivity index (χ1v) is 8.49. The highest BCUT2D eigenvalue weighted by molar-refractivity contribution is 5.79. The van der Waals surface area contributed by atoms with Crippen molar-refractivity contribution in [3.05, 3.63) is 35.4 Å². The predicted octanol–water partition coefficient (Wildman–Crippen LogP) is 2.54. The van der Waals surface area contributed by atoms with E-state index in [1.54, 1.807) is 0 Å². The van der Waals surface area contributed by atoms with E-state index in [9.17, 15) is 4.79 Å². The van der Waals surface area contributed by atoms with Gasteiger partial charge in [-0.3, -0.25) is 9.69 Å². The first-order valence-electron chi connectivity index (χ1n) is 8.49. The number of hydrogen-bond donors (Lipinski definition) is 1. The van der Waals surface area contributed by atoms with Crippen molar-refractivity contribution in [2.45, 2.75) is 58.8 Å². The number of hydrogen-bond acceptors (Lipinski definition) is 3. The molecule has 4 nitrogen and oxygen atoms in total. The Labute approximate surface area is 140 Å². The summed E-state index contributed by atoms with van der Waals surface area (Å²) >= 11 is 0. The van der Waals surface area contributed by atoms with Gasteiger partial charge >= 0.3 is 0 Å². The lowest BCUT2D eigenvalue weighted by Gasteiger charge is -2.45. The molecule has 1 fully saturated rings. The van der Waals surface area contributed by atoms with Crippen LogP contribution in [0.3, 0.4) is 0 Å². The van der Waals surface area contributed by atoms with E-state index in [4.69, 9.17) is 4.74 Å². The lowest BCUT2D eigenvalue weighted by Crippen LogP contribution is -2.58. The molecule has 0 saturated carbocycles. The fourth-order valence-corrected chi connectivity index (χ4v) is 3.14. The summed E-state index contributed by atoms with van der Waals surface area (Å²) in [5.41, 5.74) is 2.18. The van der Waals surface area contributed by atoms with Gasteiger partial charge in [-0.2, -0.15) is 0 Å². The van der Waals surface area contributed by atoms with E-state index in [2.05, 4.69) is 37.9 Å². The van der Waals surface area contributed by atoms with Gasteiger partial charge in [0, 0.05) is 25.2 Å². The second-order valence-corrected chi connectivity index (χ2v) is 7.35. The van der Waals surface area contributed by atoms with E-state index in [-0.39, 0.29) is 23.7 Å². The van der Waals surface area contributed by atoms with Crippen molar-refractivity contribution >= 4 is 5.91 Å². The number of ether oxygens (including phenoxy) is 1. The van der Waals surface area contributed by atoms with E-state index in [0.29, 0.717) is 13.0 Å². The second kappa shape index (κ2) is 7.45. The number of carbonyl (C=O) groups is 1. The minimum Gasteiger partial charge on any atom is -0.373 e. The number of amides is 1. The zero-order chi connectivity index (χ0) is 17.0. The maximum atomic E-state index is 12.3. The smallest absolute Gasteiger partial charge is 0.224 e. The molecule has 0 aromatic heterocycles. The SMILES string of the molecule is Cc1ccccc1CC(=O)NCC(C)(C)N1CC(C)OC(C)C1. The van der Waals surface area contributed by atoms with Crippen LogP contribution in [0.4, 0.5) is 0 Å². The minimum atomic E-state index is -0.0757. The van der Waals surface area contributed by atoms with Crippen LogP contribution in [0.5, 0.6) is 0 Å². The Bertz CT molecular complexity index is 532. The van der Waals surface area contributed by atoms with Crippen LogP contribution in [0.15, 0.2) is 24.3 Å². The quantitative estimate of drug-likeness (QED) is 0.907. The Balaban J connectivity index is 1.88. The number of benzene rings is 1. The Morgan fingerprint density at radius 3 is 2.48 bits per heavy atom. The van der Waals surface area contributed by atoms with Crippen LogP contribution in [0.25, 0.3) is 0 Å². The fraction of sp³-hybridized carbons (Fsp3) is 0.632. The van der Waals surface area contributed by atoms with Crippen LogP contribution in [0.1, 0.15) is 38.8 Å². The van der Waals surface area contributed by atoms with Gasteiger partial charge < -0.3 is 10.1 Å². The summed E-state index contributed by atoms with van der Waals surface area (Å²) in [6.45, 7) is 13.1. The summed E-state index contributed by atoms with van der Waals surface area (Å²) < 4.78 is 5.80. The van der Waals surface area contributed by atoms with E-state index in [1.165, 1.54) is 0 Å². The summed E-state index contributed by atoms with van der Waals surface area (Å²) in [7, 11) is 0. The topological polar surface area (TPSA) is 41.6 Å². The lowest BCUT2D eigenvalue weighted by molar-refractivity contribution is -0.122. The summed E-state index contributed by atoms with van der Waals surface area (Å²) in [6.07, 6.45) is 0.917. The molecule has 2 rings (SSSR count). The van der Waals surface area contributed by atoms with Crippen molar-refractivity contribution in [3.63, 3.8) is 0 Å². The molecule has 0 radical (unpaired) electrons. The van der Waals surface area contributed by atoms with E-state index < -0.39 is 0 Å². The van der Waals surface area contributed by atoms with Gasteiger partial charge in [-0.05, 0) is 45.7 Å². The van der Waals surface area contributed by atoms with E-state index >= 15 is 0 Å². The fourth-order valence-electron chi connectivity index (χ4n) is 3.14. The molecule has 23 heavy (non-hydrogen) atoms. The third-order valence-electron chi connectivity index (χ3n) is 4.61. The molecule has 1 aliphatic heterocycles. The monoisotopic (exact) mass is 318 g/mol. The third kappa shape index (κ3) is 5.05. The van der Waals surface area contributed by atoms with Gasteiger partial charge in [0.15, 0.2) is 0 Å². The van der Waals surface area contributed by atoms with Crippen molar-refractivity contribution in [2.75, 3.05) is 19.6 Å². The van der Waals surface area contributed by atoms with Gasteiger partial charge in [-0.1, -0.05) is 24.3 Å². The van der Waals surface area contributed by atoms with Crippen LogP contribution in [-0.4, -0.2) is 48.2 Å². The molecule has 4 heteroatoms. The number of aryl methyl sites for hydroxylation is 1. The van der Waals surface area contributed by atoms with Gasteiger partial charge in [0.05, 0.1) is 18.6 Å². The van der Waals surface area contributed by atoms with Crippen molar-refractivity contribution in [3.8, 4) is 0 Å². The van der Waals surface area contributed by atoms with Gasteiger partial charge in [-0.15, -0.1) is 0 Å². The molecule has 1 N–H and O–H groups in total. The predicted molar refractivity (Wildman–Crippen MR) is 93.6 cm³/mol. The first kappa shape index (κ1) is 18.0. The van der Waals surface area contributed by atoms with Gasteiger partial charge in [0.2, 0.25) is 5.91 Å². The van der Waals surface area contributed by atoms with E-state index in [0.717, 1.165) is 24.2 Å². The van der Waals surface area contributed by atoms with Gasteiger partial charge in [0.25, 0.3) is 0 Å². The molecular weight excluding hydrogens is 288 g/mol. The maximum absolute atomic E-state index is 12.3. The molecule has 1 aromatic rings. The third-order valence-corrected chi connectivity index (χ3v) is 4.61. The lowest BCUT2D eigenvalue weighted by atomic mass is 9.99. The zero-order valence-electron chi connectivity index (χ0n) is 15.1. The van der Waals surface area contributed by atoms with E-state index in [1.807, 2.05) is 31.2 Å². The van der Waals surface area contributed by atoms with Crippen molar-refractivity contribution in [2.24, 2.45) is 0 Å². The summed E-state index contributed by atoms with van der Waals surface area (Å²) in [5.74, 6) is 0.0849. The molecular formula is C19H30N2O2. The number of nitrogens with zero attached hydrogens (tertiary/aromatic N) is 1. The zero-order valence-corrected chi connectivity index (χ0v) is 15.1. The van der Waals surface area contributed by atoms with Crippen LogP contribution >= 0.6 is 0 Å². The number of nitrogens with one attached hydrogen (secondary N) is 1. The van der Waals surface area contributed by atoms with Crippen molar-refractivity contribution in [1.29, 1.82) is 0 Å². The Morgan fingerprint density at radius 2 is 1.87 bits per heavy atom. The molecule has 0 aliphatic carbocycles. The molecule has 2 atom stereocenters. The largest absolute Gasteiger partial charge is 0.373 e. The Hall–Kier alpha value is -1.39. The van der Waals surface area contributed by atoms with Crippen LogP contribution < -0.4 is 5.32 Å². The second-order valence-electron chi connectivity index (χ2n) is 7.35. The molecule has 1 amide bonds. The van der Waals surface area contributed by atoms with Crippen LogP contribution in [-0.2, 0) is 16.0 Å². The highest BCUT2D eigenvalue weighted by atomic mass is 16.5. The highest BCUT2D eigenvalue weighted by Crippen LogP contribution is 2.20. The standard InChI is InChI=1S/C19H30N2O2/c1-14-8-6-7-9-17(14)10-18(22)20-13-19(4,5)21-11-15(2)23-16(3)12-21/h6-9,15-16H,10-13H2,1-5H3,(H,20,22). The first-order chi connectivity index (χ1) is 10.8. The molecule has 1 saturated heterocycles. The number of rotatable bonds is 5. The molecule has 2 unspecified atom stereocenters. The van der Waals surface area contributed by atoms with Gasteiger partial charge in [0.1, 0.15) is 0 Å². The van der Waals surface area contributed by atoms with Gasteiger partial charge in [-0.25, -0.2) is 0 Å². The van der Waals surface area contributed by atoms with Crippen LogP contribution in [0.2, 0.25) is 0 Å². The summed E-state index contributed by atoms with van der Waals surface area (Å²) in [6, 6.07) is 8.05. The average Bonchev–Trinajstić information content (AvgIpc) is 2.47. The maximum Gasteiger partial charge on any atom is 0.224 e. The summed E-state index contributed by atoms with van der Waals surface area (Å²) in [4.78, 5) is 14.7. The molecule has 1 aromatic carbocycles. The number of morpholine rings is 1. The molecule has 1 aliphatic rings. The molecule has 1 heterocycles. The summed E-state index contributed by atoms with van der Waals surface area (Å²) in [5, 5.41) is 3.10. The highest BCUT2D eigenvalue weighted by Gasteiger charge is 2.33. The molecule has 128 valence electrons. The van der Waals surface area contributed by atoms with Crippen molar-refractivity contribution in [1.82, 2.24) is 10.2 Å². The minimum absolute atomic E-state index is 0.0757. The molecule has 0 spiro atoms.